The van der Waals surface area contributed by atoms with Crippen LogP contribution in [0.15, 0.2) is 48.5 Å². The number of hydrogen-bond acceptors (Lipinski definition) is 3. The molecule has 0 aliphatic heterocycles. The van der Waals surface area contributed by atoms with Crippen LogP contribution in [-0.2, 0) is 16.1 Å². The van der Waals surface area contributed by atoms with Crippen molar-refractivity contribution in [1.29, 1.82) is 0 Å². The molecule has 1 aliphatic carbocycles. The minimum atomic E-state index is -0.603. The van der Waals surface area contributed by atoms with E-state index < -0.39 is 6.04 Å². The molecule has 30 heavy (non-hydrogen) atoms. The van der Waals surface area contributed by atoms with Crippen molar-refractivity contribution in [3.05, 3.63) is 62.7 Å². The van der Waals surface area contributed by atoms with Gasteiger partial charge in [-0.2, -0.15) is 0 Å². The van der Waals surface area contributed by atoms with E-state index in [-0.39, 0.29) is 24.5 Å². The highest BCUT2D eigenvalue weighted by molar-refractivity contribution is 14.1. The Morgan fingerprint density at radius 1 is 1.13 bits per heavy atom. The van der Waals surface area contributed by atoms with Crippen molar-refractivity contribution in [2.24, 2.45) is 0 Å². The topological polar surface area (TPSA) is 58.6 Å². The number of ether oxygens (including phenoxy) is 1. The number of amides is 2. The molecule has 3 rings (SSSR count). The monoisotopic (exact) mass is 540 g/mol. The number of nitrogens with one attached hydrogen (secondary N) is 1. The van der Waals surface area contributed by atoms with Crippen molar-refractivity contribution in [2.45, 2.75) is 51.2 Å². The molecule has 1 N–H and O–H groups in total. The van der Waals surface area contributed by atoms with Gasteiger partial charge in [0.15, 0.2) is 6.61 Å². The third-order valence-corrected chi connectivity index (χ3v) is 6.28. The summed E-state index contributed by atoms with van der Waals surface area (Å²) in [6.07, 6.45) is 4.27. The van der Waals surface area contributed by atoms with Crippen molar-refractivity contribution in [2.75, 3.05) is 6.61 Å². The molecule has 0 aromatic heterocycles. The fraction of sp³-hybridized carbons (Fsp3) is 0.391. The minimum Gasteiger partial charge on any atom is -0.484 e. The van der Waals surface area contributed by atoms with Gasteiger partial charge in [0.1, 0.15) is 11.8 Å². The van der Waals surface area contributed by atoms with Crippen LogP contribution < -0.4 is 10.1 Å². The zero-order valence-electron chi connectivity index (χ0n) is 16.9. The van der Waals surface area contributed by atoms with Crippen LogP contribution in [0, 0.1) is 3.57 Å². The van der Waals surface area contributed by atoms with Crippen molar-refractivity contribution < 1.29 is 14.3 Å². The van der Waals surface area contributed by atoms with Crippen molar-refractivity contribution in [3.63, 3.8) is 0 Å². The first-order valence-corrected chi connectivity index (χ1v) is 11.6. The average molecular weight is 541 g/mol. The molecule has 0 spiro atoms. The van der Waals surface area contributed by atoms with Gasteiger partial charge in [-0.05, 0) is 84.3 Å². The first-order valence-electron chi connectivity index (χ1n) is 10.1. The molecular formula is C23H26ClIN2O3. The van der Waals surface area contributed by atoms with Gasteiger partial charge >= 0.3 is 0 Å². The molecular weight excluding hydrogens is 515 g/mol. The molecule has 160 valence electrons. The van der Waals surface area contributed by atoms with Gasteiger partial charge in [0, 0.05) is 21.2 Å². The summed E-state index contributed by atoms with van der Waals surface area (Å²) in [6, 6.07) is 14.4. The van der Waals surface area contributed by atoms with Crippen LogP contribution in [0.25, 0.3) is 0 Å². The fourth-order valence-corrected chi connectivity index (χ4v) is 4.01. The van der Waals surface area contributed by atoms with Crippen LogP contribution in [0.5, 0.6) is 5.75 Å². The Balaban J connectivity index is 1.69. The number of hydrogen-bond donors (Lipinski definition) is 1. The van der Waals surface area contributed by atoms with Crippen molar-refractivity contribution in [1.82, 2.24) is 10.2 Å². The average Bonchev–Trinajstić information content (AvgIpc) is 3.25. The van der Waals surface area contributed by atoms with E-state index in [4.69, 9.17) is 16.3 Å². The molecule has 2 aromatic carbocycles. The van der Waals surface area contributed by atoms with Crippen molar-refractivity contribution in [3.8, 4) is 5.75 Å². The predicted molar refractivity (Wildman–Crippen MR) is 127 cm³/mol. The third kappa shape index (κ3) is 6.60. The zero-order valence-corrected chi connectivity index (χ0v) is 19.9. The molecule has 0 radical (unpaired) electrons. The molecule has 2 amide bonds. The summed E-state index contributed by atoms with van der Waals surface area (Å²) in [7, 11) is 0. The van der Waals surface area contributed by atoms with E-state index in [0.717, 1.165) is 34.8 Å². The highest BCUT2D eigenvalue weighted by atomic mass is 127. The lowest BCUT2D eigenvalue weighted by Crippen LogP contribution is -2.50. The summed E-state index contributed by atoms with van der Waals surface area (Å²) < 4.78 is 6.77. The predicted octanol–water partition coefficient (Wildman–Crippen LogP) is 4.80. The van der Waals surface area contributed by atoms with Crippen LogP contribution in [0.2, 0.25) is 5.02 Å². The maximum absolute atomic E-state index is 13.0. The lowest BCUT2D eigenvalue weighted by Gasteiger charge is -2.29. The maximum Gasteiger partial charge on any atom is 0.261 e. The Kier molecular flexibility index (Phi) is 8.39. The fourth-order valence-electron chi connectivity index (χ4n) is 3.52. The van der Waals surface area contributed by atoms with Crippen LogP contribution in [0.4, 0.5) is 0 Å². The summed E-state index contributed by atoms with van der Waals surface area (Å²) in [6.45, 7) is 1.95. The molecule has 1 fully saturated rings. The lowest BCUT2D eigenvalue weighted by atomic mass is 10.1. The second-order valence-electron chi connectivity index (χ2n) is 7.56. The van der Waals surface area contributed by atoms with E-state index in [0.29, 0.717) is 17.3 Å². The number of nitrogens with zero attached hydrogens (tertiary/aromatic N) is 1. The Morgan fingerprint density at radius 2 is 1.77 bits per heavy atom. The van der Waals surface area contributed by atoms with Crippen molar-refractivity contribution >= 4 is 46.0 Å². The van der Waals surface area contributed by atoms with E-state index in [1.165, 1.54) is 0 Å². The molecule has 0 bridgehead atoms. The number of benzene rings is 2. The molecule has 5 nitrogen and oxygen atoms in total. The lowest BCUT2D eigenvalue weighted by molar-refractivity contribution is -0.142. The van der Waals surface area contributed by atoms with Gasteiger partial charge < -0.3 is 15.0 Å². The summed E-state index contributed by atoms with van der Waals surface area (Å²) in [5, 5.41) is 3.72. The van der Waals surface area contributed by atoms with Crippen LogP contribution in [0.1, 0.15) is 38.2 Å². The molecule has 1 saturated carbocycles. The quantitative estimate of drug-likeness (QED) is 0.490. The molecule has 0 unspecified atom stereocenters. The first kappa shape index (κ1) is 22.9. The van der Waals surface area contributed by atoms with Crippen LogP contribution in [-0.4, -0.2) is 35.4 Å². The second kappa shape index (κ2) is 11.0. The normalized spacial score (nSPS) is 14.9. The molecule has 0 heterocycles. The molecule has 7 heteroatoms. The van der Waals surface area contributed by atoms with Gasteiger partial charge in [0.2, 0.25) is 5.91 Å². The highest BCUT2D eigenvalue weighted by Gasteiger charge is 2.28. The van der Waals surface area contributed by atoms with Gasteiger partial charge in [-0.15, -0.1) is 0 Å². The number of halogens is 2. The summed E-state index contributed by atoms with van der Waals surface area (Å²) in [4.78, 5) is 27.4. The van der Waals surface area contributed by atoms with E-state index in [2.05, 4.69) is 27.9 Å². The zero-order chi connectivity index (χ0) is 21.5. The SMILES string of the molecule is C[C@H](C(=O)NC1CCCC1)N(Cc1ccc(Cl)cc1)C(=O)COc1ccc(I)cc1. The Labute approximate surface area is 196 Å². The number of carbonyl (C=O) groups excluding carboxylic acids is 2. The standard InChI is InChI=1S/C23H26ClIN2O3/c1-16(23(29)26-20-4-2-3-5-20)27(14-17-6-8-18(24)9-7-17)22(28)15-30-21-12-10-19(25)11-13-21/h6-13,16,20H,2-5,14-15H2,1H3,(H,26,29)/t16-/m1/s1. The summed E-state index contributed by atoms with van der Waals surface area (Å²) in [5.74, 6) is 0.259. The smallest absolute Gasteiger partial charge is 0.261 e. The number of rotatable bonds is 8. The van der Waals surface area contributed by atoms with Crippen LogP contribution in [0.3, 0.4) is 0 Å². The Bertz CT molecular complexity index is 852. The Morgan fingerprint density at radius 3 is 2.40 bits per heavy atom. The summed E-state index contributed by atoms with van der Waals surface area (Å²) >= 11 is 8.20. The third-order valence-electron chi connectivity index (χ3n) is 5.31. The second-order valence-corrected chi connectivity index (χ2v) is 9.24. The Hall–Kier alpha value is -1.80. The van der Waals surface area contributed by atoms with Gasteiger partial charge in [-0.25, -0.2) is 0 Å². The largest absolute Gasteiger partial charge is 0.484 e. The van der Waals surface area contributed by atoms with E-state index in [9.17, 15) is 9.59 Å². The van der Waals surface area contributed by atoms with Gasteiger partial charge in [-0.1, -0.05) is 36.6 Å². The minimum absolute atomic E-state index is 0.126. The van der Waals surface area contributed by atoms with Crippen LogP contribution >= 0.6 is 34.2 Å². The van der Waals surface area contributed by atoms with E-state index in [1.807, 2.05) is 36.4 Å². The van der Waals surface area contributed by atoms with Gasteiger partial charge in [0.25, 0.3) is 5.91 Å². The van der Waals surface area contributed by atoms with Gasteiger partial charge in [-0.3, -0.25) is 9.59 Å². The number of carbonyl (C=O) groups is 2. The van der Waals surface area contributed by atoms with Gasteiger partial charge in [0.05, 0.1) is 0 Å². The molecule has 1 atom stereocenters. The summed E-state index contributed by atoms with van der Waals surface area (Å²) in [5.41, 5.74) is 0.905. The molecule has 1 aliphatic rings. The first-order chi connectivity index (χ1) is 14.4. The van der Waals surface area contributed by atoms with E-state index in [1.54, 1.807) is 24.0 Å². The highest BCUT2D eigenvalue weighted by Crippen LogP contribution is 2.19. The molecule has 0 saturated heterocycles. The maximum atomic E-state index is 13.0. The molecule has 2 aromatic rings. The van der Waals surface area contributed by atoms with E-state index >= 15 is 0 Å².